The van der Waals surface area contributed by atoms with Crippen molar-refractivity contribution < 1.29 is 0 Å². The van der Waals surface area contributed by atoms with Gasteiger partial charge in [-0.25, -0.2) is 4.98 Å². The molecule has 16 heavy (non-hydrogen) atoms. The lowest BCUT2D eigenvalue weighted by Gasteiger charge is -2.12. The maximum absolute atomic E-state index is 5.95. The van der Waals surface area contributed by atoms with Gasteiger partial charge in [0.1, 0.15) is 0 Å². The maximum Gasteiger partial charge on any atom is 0.0951 e. The number of nitrogens with two attached hydrogens (primary N) is 1. The smallest absolute Gasteiger partial charge is 0.0951 e. The monoisotopic (exact) mass is 216 g/mol. The Bertz CT molecular complexity index is 435. The van der Waals surface area contributed by atoms with Crippen molar-refractivity contribution in [3.05, 3.63) is 37.1 Å². The van der Waals surface area contributed by atoms with Gasteiger partial charge in [0.25, 0.3) is 0 Å². The molecule has 0 bridgehead atoms. The molecule has 84 valence electrons. The van der Waals surface area contributed by atoms with Gasteiger partial charge < -0.3 is 10.3 Å². The fourth-order valence-electron chi connectivity index (χ4n) is 1.60. The molecule has 2 N–H and O–H groups in total. The summed E-state index contributed by atoms with van der Waals surface area (Å²) >= 11 is 0. The fraction of sp³-hybridized carbons (Fsp3) is 0.333. The van der Waals surface area contributed by atoms with E-state index >= 15 is 0 Å². The molecule has 0 saturated carbocycles. The molecular formula is C12H16N4. The molecule has 4 heteroatoms. The van der Waals surface area contributed by atoms with Crippen LogP contribution in [-0.4, -0.2) is 20.6 Å². The minimum Gasteiger partial charge on any atom is -0.329 e. The van der Waals surface area contributed by atoms with Gasteiger partial charge in [-0.05, 0) is 18.6 Å². The van der Waals surface area contributed by atoms with E-state index in [2.05, 4.69) is 21.5 Å². The lowest BCUT2D eigenvalue weighted by molar-refractivity contribution is 0.541. The van der Waals surface area contributed by atoms with Crippen LogP contribution in [0.3, 0.4) is 0 Å². The molecule has 1 atom stereocenters. The van der Waals surface area contributed by atoms with E-state index in [1.807, 2.05) is 30.9 Å². The fourth-order valence-corrected chi connectivity index (χ4v) is 1.60. The predicted octanol–water partition coefficient (Wildman–Crippen LogP) is 1.68. The zero-order valence-corrected chi connectivity index (χ0v) is 9.37. The van der Waals surface area contributed by atoms with Crippen LogP contribution in [0.2, 0.25) is 0 Å². The first-order valence-electron chi connectivity index (χ1n) is 5.47. The Balaban J connectivity index is 2.26. The first-order valence-corrected chi connectivity index (χ1v) is 5.47. The topological polar surface area (TPSA) is 56.7 Å². The number of nitrogens with zero attached hydrogens (tertiary/aromatic N) is 3. The summed E-state index contributed by atoms with van der Waals surface area (Å²) in [6.45, 7) is 2.88. The number of pyridine rings is 1. The molecule has 0 amide bonds. The van der Waals surface area contributed by atoms with E-state index in [0.717, 1.165) is 24.2 Å². The van der Waals surface area contributed by atoms with Crippen LogP contribution in [-0.2, 0) is 6.54 Å². The van der Waals surface area contributed by atoms with Gasteiger partial charge in [-0.15, -0.1) is 0 Å². The molecule has 2 aromatic heterocycles. The molecule has 2 aromatic rings. The Kier molecular flexibility index (Phi) is 3.31. The van der Waals surface area contributed by atoms with Crippen molar-refractivity contribution in [2.75, 3.05) is 0 Å². The summed E-state index contributed by atoms with van der Waals surface area (Å²) in [7, 11) is 0. The molecule has 0 aliphatic heterocycles. The number of imidazole rings is 1. The molecule has 2 rings (SSSR count). The zero-order valence-electron chi connectivity index (χ0n) is 9.37. The highest BCUT2D eigenvalue weighted by Gasteiger charge is 2.07. The minimum atomic E-state index is 0.171. The van der Waals surface area contributed by atoms with Crippen LogP contribution >= 0.6 is 0 Å². The predicted molar refractivity (Wildman–Crippen MR) is 63.7 cm³/mol. The van der Waals surface area contributed by atoms with Crippen molar-refractivity contribution in [3.63, 3.8) is 0 Å². The number of rotatable bonds is 4. The first-order chi connectivity index (χ1) is 7.81. The van der Waals surface area contributed by atoms with Gasteiger partial charge in [-0.3, -0.25) is 4.98 Å². The van der Waals surface area contributed by atoms with E-state index in [0.29, 0.717) is 0 Å². The summed E-state index contributed by atoms with van der Waals surface area (Å²) < 4.78 is 2.07. The summed E-state index contributed by atoms with van der Waals surface area (Å²) in [4.78, 5) is 8.27. The molecule has 1 unspecified atom stereocenters. The van der Waals surface area contributed by atoms with Crippen LogP contribution in [0.4, 0.5) is 0 Å². The third kappa shape index (κ3) is 2.28. The normalized spacial score (nSPS) is 12.6. The molecule has 0 fully saturated rings. The molecule has 0 aliphatic carbocycles. The quantitative estimate of drug-likeness (QED) is 0.846. The Morgan fingerprint density at radius 2 is 2.25 bits per heavy atom. The second-order valence-corrected chi connectivity index (χ2v) is 3.84. The number of hydrogen-bond donors (Lipinski definition) is 1. The second kappa shape index (κ2) is 4.90. The molecule has 0 aliphatic rings. The SMILES string of the molecule is CCC(N)Cn1cncc1-c1cccnc1. The second-order valence-electron chi connectivity index (χ2n) is 3.84. The lowest BCUT2D eigenvalue weighted by Crippen LogP contribution is -2.25. The summed E-state index contributed by atoms with van der Waals surface area (Å²) in [5.74, 6) is 0. The number of aromatic nitrogens is 3. The highest BCUT2D eigenvalue weighted by Crippen LogP contribution is 2.17. The van der Waals surface area contributed by atoms with Crippen molar-refractivity contribution in [2.24, 2.45) is 5.73 Å². The number of hydrogen-bond acceptors (Lipinski definition) is 3. The van der Waals surface area contributed by atoms with Crippen molar-refractivity contribution >= 4 is 0 Å². The molecular weight excluding hydrogens is 200 g/mol. The average Bonchev–Trinajstić information content (AvgIpc) is 2.78. The lowest BCUT2D eigenvalue weighted by atomic mass is 10.2. The average molecular weight is 216 g/mol. The maximum atomic E-state index is 5.95. The van der Waals surface area contributed by atoms with Gasteiger partial charge >= 0.3 is 0 Å². The van der Waals surface area contributed by atoms with Crippen LogP contribution < -0.4 is 5.73 Å². The van der Waals surface area contributed by atoms with Crippen molar-refractivity contribution in [1.82, 2.24) is 14.5 Å². The Morgan fingerprint density at radius 3 is 2.94 bits per heavy atom. The summed E-state index contributed by atoms with van der Waals surface area (Å²) in [6, 6.07) is 4.12. The summed E-state index contributed by atoms with van der Waals surface area (Å²) in [5.41, 5.74) is 8.09. The van der Waals surface area contributed by atoms with E-state index in [4.69, 9.17) is 5.73 Å². The van der Waals surface area contributed by atoms with Gasteiger partial charge in [-0.1, -0.05) is 6.92 Å². The van der Waals surface area contributed by atoms with Gasteiger partial charge in [-0.2, -0.15) is 0 Å². The molecule has 0 radical (unpaired) electrons. The van der Waals surface area contributed by atoms with Crippen LogP contribution in [0.25, 0.3) is 11.3 Å². The molecule has 4 nitrogen and oxygen atoms in total. The van der Waals surface area contributed by atoms with E-state index in [-0.39, 0.29) is 6.04 Å². The molecule has 0 aromatic carbocycles. The van der Waals surface area contributed by atoms with E-state index in [1.165, 1.54) is 0 Å². The summed E-state index contributed by atoms with van der Waals surface area (Å²) in [5, 5.41) is 0. The van der Waals surface area contributed by atoms with E-state index in [1.54, 1.807) is 6.20 Å². The van der Waals surface area contributed by atoms with Crippen molar-refractivity contribution in [1.29, 1.82) is 0 Å². The van der Waals surface area contributed by atoms with Gasteiger partial charge in [0.05, 0.1) is 18.2 Å². The largest absolute Gasteiger partial charge is 0.329 e. The van der Waals surface area contributed by atoms with Crippen LogP contribution in [0, 0.1) is 0 Å². The van der Waals surface area contributed by atoms with Gasteiger partial charge in [0.15, 0.2) is 0 Å². The van der Waals surface area contributed by atoms with Crippen LogP contribution in [0.15, 0.2) is 37.1 Å². The van der Waals surface area contributed by atoms with Crippen LogP contribution in [0.5, 0.6) is 0 Å². The zero-order chi connectivity index (χ0) is 11.4. The van der Waals surface area contributed by atoms with E-state index in [9.17, 15) is 0 Å². The molecule has 0 saturated heterocycles. The van der Waals surface area contributed by atoms with Gasteiger partial charge in [0, 0.05) is 30.5 Å². The molecule has 2 heterocycles. The van der Waals surface area contributed by atoms with E-state index < -0.39 is 0 Å². The third-order valence-electron chi connectivity index (χ3n) is 2.63. The van der Waals surface area contributed by atoms with Crippen molar-refractivity contribution in [3.8, 4) is 11.3 Å². The van der Waals surface area contributed by atoms with Crippen LogP contribution in [0.1, 0.15) is 13.3 Å². The summed E-state index contributed by atoms with van der Waals surface area (Å²) in [6.07, 6.45) is 8.23. The Hall–Kier alpha value is -1.68. The minimum absolute atomic E-state index is 0.171. The Morgan fingerprint density at radius 1 is 1.38 bits per heavy atom. The third-order valence-corrected chi connectivity index (χ3v) is 2.63. The standard InChI is InChI=1S/C12H16N4/c1-2-11(13)8-16-9-15-7-12(16)10-4-3-5-14-6-10/h3-7,9,11H,2,8,13H2,1H3. The van der Waals surface area contributed by atoms with Gasteiger partial charge in [0.2, 0.25) is 0 Å². The highest BCUT2D eigenvalue weighted by atomic mass is 15.1. The Labute approximate surface area is 95.1 Å². The van der Waals surface area contributed by atoms with Crippen molar-refractivity contribution in [2.45, 2.75) is 25.9 Å². The highest BCUT2D eigenvalue weighted by molar-refractivity contribution is 5.57. The first kappa shape index (κ1) is 10.8. The molecule has 0 spiro atoms.